The Morgan fingerprint density at radius 2 is 2.07 bits per heavy atom. The van der Waals surface area contributed by atoms with Crippen LogP contribution in [0.15, 0.2) is 39.5 Å². The van der Waals surface area contributed by atoms with Crippen molar-refractivity contribution in [3.8, 4) is 17.2 Å². The first-order valence-electron chi connectivity index (χ1n) is 4.03. The molecule has 0 radical (unpaired) electrons. The van der Waals surface area contributed by atoms with Gasteiger partial charge in [-0.15, -0.1) is 0 Å². The van der Waals surface area contributed by atoms with Crippen LogP contribution < -0.4 is 0 Å². The molecule has 0 bridgehead atoms. The Hall–Kier alpha value is -1.11. The van der Waals surface area contributed by atoms with Crippen LogP contribution in [0.25, 0.3) is 11.1 Å². The van der Waals surface area contributed by atoms with Gasteiger partial charge in [-0.2, -0.15) is 16.6 Å². The summed E-state index contributed by atoms with van der Waals surface area (Å²) in [5, 5.41) is 13.0. The Bertz CT molecular complexity index is 482. The fourth-order valence-electron chi connectivity index (χ4n) is 1.22. The van der Waals surface area contributed by atoms with E-state index in [1.807, 2.05) is 23.6 Å². The highest BCUT2D eigenvalue weighted by molar-refractivity contribution is 9.10. The van der Waals surface area contributed by atoms with E-state index in [1.54, 1.807) is 11.3 Å². The van der Waals surface area contributed by atoms with Crippen LogP contribution in [0.1, 0.15) is 5.56 Å². The summed E-state index contributed by atoms with van der Waals surface area (Å²) >= 11 is 4.99. The molecule has 68 valence electrons. The predicted octanol–water partition coefficient (Wildman–Crippen LogP) is 4.05. The maximum Gasteiger partial charge on any atom is 0.100 e. The van der Waals surface area contributed by atoms with E-state index in [2.05, 4.69) is 33.4 Å². The summed E-state index contributed by atoms with van der Waals surface area (Å²) in [6.45, 7) is 0. The van der Waals surface area contributed by atoms with Crippen LogP contribution in [0.3, 0.4) is 0 Å². The Kier molecular flexibility index (Phi) is 2.67. The number of benzene rings is 1. The van der Waals surface area contributed by atoms with Crippen LogP contribution in [-0.2, 0) is 0 Å². The fraction of sp³-hybridized carbons (Fsp3) is 0. The van der Waals surface area contributed by atoms with Crippen molar-refractivity contribution in [2.45, 2.75) is 0 Å². The van der Waals surface area contributed by atoms with E-state index in [0.29, 0.717) is 5.56 Å². The van der Waals surface area contributed by atoms with Gasteiger partial charge < -0.3 is 0 Å². The zero-order chi connectivity index (χ0) is 9.97. The molecule has 0 spiro atoms. The van der Waals surface area contributed by atoms with Crippen molar-refractivity contribution < 1.29 is 0 Å². The molecule has 2 aromatic rings. The minimum atomic E-state index is 0.675. The third kappa shape index (κ3) is 1.72. The molecule has 0 atom stereocenters. The Morgan fingerprint density at radius 1 is 1.21 bits per heavy atom. The quantitative estimate of drug-likeness (QED) is 0.762. The van der Waals surface area contributed by atoms with E-state index < -0.39 is 0 Å². The highest BCUT2D eigenvalue weighted by atomic mass is 79.9. The molecular formula is C11H6BrNS. The molecule has 0 N–H and O–H groups in total. The van der Waals surface area contributed by atoms with Crippen LogP contribution in [-0.4, -0.2) is 0 Å². The molecule has 0 aliphatic heterocycles. The molecule has 1 nitrogen and oxygen atoms in total. The number of hydrogen-bond donors (Lipinski definition) is 0. The molecule has 1 aromatic carbocycles. The van der Waals surface area contributed by atoms with Crippen molar-refractivity contribution in [2.24, 2.45) is 0 Å². The zero-order valence-electron chi connectivity index (χ0n) is 7.20. The smallest absolute Gasteiger partial charge is 0.100 e. The van der Waals surface area contributed by atoms with Crippen molar-refractivity contribution in [1.29, 1.82) is 5.26 Å². The van der Waals surface area contributed by atoms with Crippen molar-refractivity contribution in [3.63, 3.8) is 0 Å². The molecular weight excluding hydrogens is 258 g/mol. The molecule has 1 aromatic heterocycles. The van der Waals surface area contributed by atoms with Gasteiger partial charge in [0.05, 0.1) is 5.56 Å². The van der Waals surface area contributed by atoms with Crippen molar-refractivity contribution in [1.82, 2.24) is 0 Å². The third-order valence-electron chi connectivity index (χ3n) is 1.94. The van der Waals surface area contributed by atoms with Crippen molar-refractivity contribution in [3.05, 3.63) is 45.1 Å². The highest BCUT2D eigenvalue weighted by Gasteiger charge is 2.02. The molecule has 0 unspecified atom stereocenters. The van der Waals surface area contributed by atoms with Crippen LogP contribution in [0.5, 0.6) is 0 Å². The van der Waals surface area contributed by atoms with E-state index in [1.165, 1.54) is 5.56 Å². The molecule has 0 fully saturated rings. The minimum absolute atomic E-state index is 0.675. The summed E-state index contributed by atoms with van der Waals surface area (Å²) in [6.07, 6.45) is 0. The first kappa shape index (κ1) is 9.45. The first-order valence-corrected chi connectivity index (χ1v) is 5.77. The molecule has 0 saturated carbocycles. The standard InChI is InChI=1S/C11H6BrNS/c12-11-2-1-8(5-10(11)6-13)9-3-4-14-7-9/h1-5,7H. The van der Waals surface area contributed by atoms with Gasteiger partial charge in [0.2, 0.25) is 0 Å². The maximum absolute atomic E-state index is 8.86. The van der Waals surface area contributed by atoms with Gasteiger partial charge in [0.1, 0.15) is 6.07 Å². The van der Waals surface area contributed by atoms with Gasteiger partial charge >= 0.3 is 0 Å². The van der Waals surface area contributed by atoms with Gasteiger partial charge in [-0.05, 0) is 56.0 Å². The SMILES string of the molecule is N#Cc1cc(-c2ccsc2)ccc1Br. The topological polar surface area (TPSA) is 23.8 Å². The van der Waals surface area contributed by atoms with E-state index in [-0.39, 0.29) is 0 Å². The Morgan fingerprint density at radius 3 is 2.71 bits per heavy atom. The average molecular weight is 264 g/mol. The number of rotatable bonds is 1. The summed E-state index contributed by atoms with van der Waals surface area (Å²) < 4.78 is 0.846. The lowest BCUT2D eigenvalue weighted by Gasteiger charge is -1.99. The molecule has 1 heterocycles. The molecule has 3 heteroatoms. The van der Waals surface area contributed by atoms with Crippen LogP contribution in [0.4, 0.5) is 0 Å². The minimum Gasteiger partial charge on any atom is -0.192 e. The monoisotopic (exact) mass is 263 g/mol. The Balaban J connectivity index is 2.53. The fourth-order valence-corrected chi connectivity index (χ4v) is 2.22. The summed E-state index contributed by atoms with van der Waals surface area (Å²) in [6, 6.07) is 10.0. The molecule has 2 rings (SSSR count). The molecule has 0 amide bonds. The average Bonchev–Trinajstić information content (AvgIpc) is 2.71. The van der Waals surface area contributed by atoms with Gasteiger partial charge in [0.15, 0.2) is 0 Å². The second kappa shape index (κ2) is 3.95. The van der Waals surface area contributed by atoms with E-state index in [0.717, 1.165) is 10.0 Å². The normalized spacial score (nSPS) is 9.71. The number of nitriles is 1. The Labute approximate surface area is 94.8 Å². The molecule has 0 aliphatic rings. The van der Waals surface area contributed by atoms with Crippen molar-refractivity contribution >= 4 is 27.3 Å². The van der Waals surface area contributed by atoms with Crippen LogP contribution >= 0.6 is 27.3 Å². The van der Waals surface area contributed by atoms with Gasteiger partial charge in [-0.3, -0.25) is 0 Å². The van der Waals surface area contributed by atoms with E-state index in [9.17, 15) is 0 Å². The lowest BCUT2D eigenvalue weighted by atomic mass is 10.1. The van der Waals surface area contributed by atoms with Gasteiger partial charge in [0.25, 0.3) is 0 Å². The zero-order valence-corrected chi connectivity index (χ0v) is 9.60. The van der Waals surface area contributed by atoms with Crippen LogP contribution in [0.2, 0.25) is 0 Å². The maximum atomic E-state index is 8.86. The lowest BCUT2D eigenvalue weighted by Crippen LogP contribution is -1.79. The van der Waals surface area contributed by atoms with Gasteiger partial charge in [-0.25, -0.2) is 0 Å². The third-order valence-corrected chi connectivity index (χ3v) is 3.32. The van der Waals surface area contributed by atoms with E-state index in [4.69, 9.17) is 5.26 Å². The molecule has 14 heavy (non-hydrogen) atoms. The second-order valence-electron chi connectivity index (χ2n) is 2.82. The highest BCUT2D eigenvalue weighted by Crippen LogP contribution is 2.26. The largest absolute Gasteiger partial charge is 0.192 e. The number of nitrogens with zero attached hydrogens (tertiary/aromatic N) is 1. The van der Waals surface area contributed by atoms with Crippen molar-refractivity contribution in [2.75, 3.05) is 0 Å². The first-order chi connectivity index (χ1) is 6.81. The second-order valence-corrected chi connectivity index (χ2v) is 4.45. The molecule has 0 aliphatic carbocycles. The lowest BCUT2D eigenvalue weighted by molar-refractivity contribution is 1.47. The summed E-state index contributed by atoms with van der Waals surface area (Å²) in [7, 11) is 0. The predicted molar refractivity (Wildman–Crippen MR) is 62.2 cm³/mol. The van der Waals surface area contributed by atoms with Gasteiger partial charge in [0, 0.05) is 4.47 Å². The number of halogens is 1. The summed E-state index contributed by atoms with van der Waals surface area (Å²) in [4.78, 5) is 0. The van der Waals surface area contributed by atoms with Gasteiger partial charge in [-0.1, -0.05) is 6.07 Å². The summed E-state index contributed by atoms with van der Waals surface area (Å²) in [5.74, 6) is 0. The van der Waals surface area contributed by atoms with Crippen LogP contribution in [0, 0.1) is 11.3 Å². The van der Waals surface area contributed by atoms with E-state index >= 15 is 0 Å². The summed E-state index contributed by atoms with van der Waals surface area (Å²) in [5.41, 5.74) is 2.93. The number of thiophene rings is 1. The number of hydrogen-bond acceptors (Lipinski definition) is 2. The molecule has 0 saturated heterocycles.